The second kappa shape index (κ2) is 13.7. The van der Waals surface area contributed by atoms with Gasteiger partial charge in [-0.05, 0) is 145 Å². The Morgan fingerprint density at radius 1 is 0.500 bits per heavy atom. The van der Waals surface area contributed by atoms with Gasteiger partial charge in [-0.25, -0.2) is 0 Å². The van der Waals surface area contributed by atoms with Crippen LogP contribution in [0.2, 0.25) is 0 Å². The number of ether oxygens (including phenoxy) is 1. The molecule has 0 saturated heterocycles. The molecule has 0 bridgehead atoms. The molecule has 0 saturated carbocycles. The molecule has 2 aliphatic heterocycles. The first-order chi connectivity index (χ1) is 31.2. The third kappa shape index (κ3) is 6.10. The van der Waals surface area contributed by atoms with Crippen molar-refractivity contribution in [3.05, 3.63) is 149 Å². The molecule has 0 atom stereocenters. The van der Waals surface area contributed by atoms with Crippen LogP contribution in [-0.4, -0.2) is 11.3 Å². The van der Waals surface area contributed by atoms with E-state index < -0.39 is 0 Å². The van der Waals surface area contributed by atoms with Gasteiger partial charge in [-0.15, -0.1) is 0 Å². The molecule has 0 fully saturated rings. The summed E-state index contributed by atoms with van der Waals surface area (Å²) in [5, 5.41) is 5.01. The number of anilines is 3. The predicted octanol–water partition coefficient (Wildman–Crippen LogP) is 14.8. The predicted molar refractivity (Wildman–Crippen MR) is 281 cm³/mol. The van der Waals surface area contributed by atoms with Crippen LogP contribution >= 0.6 is 0 Å². The number of aryl methyl sites for hydroxylation is 2. The molecule has 12 rings (SSSR count). The van der Waals surface area contributed by atoms with Crippen LogP contribution in [0.5, 0.6) is 11.5 Å². The molecule has 0 spiro atoms. The summed E-state index contributed by atoms with van der Waals surface area (Å²) in [4.78, 5) is 2.51. The summed E-state index contributed by atoms with van der Waals surface area (Å²) in [7, 11) is 0. The van der Waals surface area contributed by atoms with Gasteiger partial charge < -0.3 is 18.6 Å². The van der Waals surface area contributed by atoms with E-state index in [0.29, 0.717) is 0 Å². The van der Waals surface area contributed by atoms with Gasteiger partial charge in [0.05, 0.1) is 22.4 Å². The summed E-state index contributed by atoms with van der Waals surface area (Å²) in [6, 6.07) is 44.4. The van der Waals surface area contributed by atoms with E-state index in [1.54, 1.807) is 0 Å². The zero-order valence-electron chi connectivity index (χ0n) is 40.9. The summed E-state index contributed by atoms with van der Waals surface area (Å²) in [5.74, 6) is 1.80. The molecule has 2 aromatic heterocycles. The molecule has 0 unspecified atom stereocenters. The summed E-state index contributed by atoms with van der Waals surface area (Å²) < 4.78 is 17.0. The van der Waals surface area contributed by atoms with Crippen LogP contribution in [0.3, 0.4) is 0 Å². The molecule has 4 nitrogen and oxygen atoms in total. The van der Waals surface area contributed by atoms with Crippen LogP contribution in [0.25, 0.3) is 49.4 Å². The number of aromatic nitrogens is 1. The Morgan fingerprint density at radius 3 is 1.74 bits per heavy atom. The monoisotopic (exact) mass is 864 g/mol. The van der Waals surface area contributed by atoms with Crippen molar-refractivity contribution >= 4 is 83.9 Å². The zero-order valence-corrected chi connectivity index (χ0v) is 40.9. The third-order valence-corrected chi connectivity index (χ3v) is 15.2. The van der Waals surface area contributed by atoms with E-state index >= 15 is 0 Å². The van der Waals surface area contributed by atoms with E-state index in [2.05, 4.69) is 208 Å². The lowest BCUT2D eigenvalue weighted by molar-refractivity contribution is 0.486. The molecular formula is C61H61BN2O2. The van der Waals surface area contributed by atoms with Crippen molar-refractivity contribution in [1.29, 1.82) is 0 Å². The van der Waals surface area contributed by atoms with Gasteiger partial charge in [-0.1, -0.05) is 138 Å². The quantitative estimate of drug-likeness (QED) is 0.162. The molecule has 9 aromatic rings. The van der Waals surface area contributed by atoms with Crippen LogP contribution in [0.4, 0.5) is 17.1 Å². The Bertz CT molecular complexity index is 3450. The second-order valence-electron chi connectivity index (χ2n) is 23.8. The fraction of sp³-hybridized carbons (Fsp3) is 0.311. The van der Waals surface area contributed by atoms with Crippen molar-refractivity contribution in [3.63, 3.8) is 0 Å². The highest BCUT2D eigenvalue weighted by atomic mass is 16.5. The minimum atomic E-state index is -0.0830. The standard InChI is InChI=1S/C61H61BN2O2/c1-58(2,3)36-17-22-40(23-18-36)64-50-33-41(63-48-26-19-37(59(4,5)6)30-44(48)45-31-38(60(7,8)9)20-27-49(45)63)34-53-55(50)62(47-32-39(61(10,11)12)21-29-51(47)65-53)46-25-24-43-54-42-15-13-14-35(42)16-28-52(54)66-57(43)56(46)64/h16-34H,13-15H2,1-12H3. The number of fused-ring (bicyclic) bond motifs is 13. The third-order valence-electron chi connectivity index (χ3n) is 15.2. The molecular weight excluding hydrogens is 803 g/mol. The topological polar surface area (TPSA) is 30.5 Å². The summed E-state index contributed by atoms with van der Waals surface area (Å²) in [6.45, 7) is 27.6. The zero-order chi connectivity index (χ0) is 46.0. The van der Waals surface area contributed by atoms with Crippen molar-refractivity contribution in [2.24, 2.45) is 0 Å². The highest BCUT2D eigenvalue weighted by molar-refractivity contribution is 6.99. The number of hydrogen-bond acceptors (Lipinski definition) is 3. The average molecular weight is 865 g/mol. The Hall–Kier alpha value is -6.20. The maximum Gasteiger partial charge on any atom is 0.256 e. The molecule has 7 aromatic carbocycles. The molecule has 0 amide bonds. The molecule has 1 aliphatic carbocycles. The van der Waals surface area contributed by atoms with Gasteiger partial charge >= 0.3 is 0 Å². The Labute approximate surface area is 390 Å². The van der Waals surface area contributed by atoms with Crippen LogP contribution in [0.15, 0.2) is 120 Å². The second-order valence-corrected chi connectivity index (χ2v) is 23.8. The number of nitrogens with zero attached hydrogens (tertiary/aromatic N) is 2. The van der Waals surface area contributed by atoms with E-state index in [4.69, 9.17) is 9.15 Å². The van der Waals surface area contributed by atoms with Crippen molar-refractivity contribution in [1.82, 2.24) is 4.57 Å². The lowest BCUT2D eigenvalue weighted by Gasteiger charge is -2.40. The molecule has 0 radical (unpaired) electrons. The lowest BCUT2D eigenvalue weighted by Crippen LogP contribution is -2.59. The van der Waals surface area contributed by atoms with E-state index in [-0.39, 0.29) is 28.4 Å². The molecule has 66 heavy (non-hydrogen) atoms. The largest absolute Gasteiger partial charge is 0.458 e. The van der Waals surface area contributed by atoms with Gasteiger partial charge in [-0.3, -0.25) is 0 Å². The van der Waals surface area contributed by atoms with Crippen LogP contribution in [0.1, 0.15) is 123 Å². The first-order valence-electron chi connectivity index (χ1n) is 24.2. The van der Waals surface area contributed by atoms with Gasteiger partial charge in [0.1, 0.15) is 17.1 Å². The van der Waals surface area contributed by atoms with Crippen molar-refractivity contribution < 1.29 is 9.15 Å². The Balaban J connectivity index is 1.21. The minimum Gasteiger partial charge on any atom is -0.458 e. The molecule has 330 valence electrons. The number of furan rings is 1. The van der Waals surface area contributed by atoms with Crippen LogP contribution < -0.4 is 26.0 Å². The van der Waals surface area contributed by atoms with Crippen LogP contribution in [-0.2, 0) is 34.5 Å². The first kappa shape index (κ1) is 41.3. The number of hydrogen-bond donors (Lipinski definition) is 0. The number of rotatable bonds is 2. The van der Waals surface area contributed by atoms with Gasteiger partial charge in [-0.2, -0.15) is 0 Å². The van der Waals surface area contributed by atoms with Gasteiger partial charge in [0.2, 0.25) is 0 Å². The van der Waals surface area contributed by atoms with E-state index in [1.807, 2.05) is 0 Å². The van der Waals surface area contributed by atoms with Crippen molar-refractivity contribution in [2.45, 2.75) is 124 Å². The highest BCUT2D eigenvalue weighted by Crippen LogP contribution is 2.49. The lowest BCUT2D eigenvalue weighted by atomic mass is 9.34. The van der Waals surface area contributed by atoms with Gasteiger partial charge in [0, 0.05) is 39.0 Å². The maximum atomic E-state index is 7.27. The highest BCUT2D eigenvalue weighted by Gasteiger charge is 2.44. The molecule has 3 aliphatic rings. The first-order valence-corrected chi connectivity index (χ1v) is 24.2. The van der Waals surface area contributed by atoms with Crippen molar-refractivity contribution in [2.75, 3.05) is 4.90 Å². The molecule has 0 N–H and O–H groups in total. The SMILES string of the molecule is CC(C)(C)c1ccc(N2c3cc(-n4c5ccc(C(C)(C)C)cc5c5cc(C(C)(C)C)ccc54)cc4c3B(c3cc(C(C)(C)C)ccc3O4)c3ccc4c(oc5ccc6c(c54)CCC6)c32)cc1. The van der Waals surface area contributed by atoms with E-state index in [1.165, 1.54) is 88.8 Å². The fourth-order valence-corrected chi connectivity index (χ4v) is 11.4. The van der Waals surface area contributed by atoms with E-state index in [0.717, 1.165) is 58.3 Å². The van der Waals surface area contributed by atoms with Gasteiger partial charge in [0.15, 0.2) is 5.58 Å². The number of benzene rings is 7. The normalized spacial score (nSPS) is 14.8. The fourth-order valence-electron chi connectivity index (χ4n) is 11.4. The summed E-state index contributed by atoms with van der Waals surface area (Å²) >= 11 is 0. The summed E-state index contributed by atoms with van der Waals surface area (Å²) in [5.41, 5.74) is 20.4. The smallest absolute Gasteiger partial charge is 0.256 e. The van der Waals surface area contributed by atoms with Crippen molar-refractivity contribution in [3.8, 4) is 17.2 Å². The van der Waals surface area contributed by atoms with Gasteiger partial charge in [0.25, 0.3) is 6.71 Å². The molecule has 4 heterocycles. The van der Waals surface area contributed by atoms with Crippen LogP contribution in [0, 0.1) is 0 Å². The summed E-state index contributed by atoms with van der Waals surface area (Å²) in [6.07, 6.45) is 3.40. The van der Waals surface area contributed by atoms with E-state index in [9.17, 15) is 0 Å². The molecule has 5 heteroatoms. The maximum absolute atomic E-state index is 7.27. The average Bonchev–Trinajstić information content (AvgIpc) is 3.98. The minimum absolute atomic E-state index is 0.00182. The Morgan fingerprint density at radius 2 is 1.11 bits per heavy atom. The Kier molecular flexibility index (Phi) is 8.56.